The monoisotopic (exact) mass is 430 g/mol. The summed E-state index contributed by atoms with van der Waals surface area (Å²) in [5.41, 5.74) is 3.99. The topological polar surface area (TPSA) is 59.8 Å². The number of imidazole rings is 1. The van der Waals surface area contributed by atoms with Gasteiger partial charge in [0, 0.05) is 12.6 Å². The Bertz CT molecular complexity index is 1200. The lowest BCUT2D eigenvalue weighted by Crippen LogP contribution is -2.36. The Kier molecular flexibility index (Phi) is 5.55. The van der Waals surface area contributed by atoms with Gasteiger partial charge in [0.1, 0.15) is 4.88 Å². The van der Waals surface area contributed by atoms with Crippen LogP contribution in [0.25, 0.3) is 21.9 Å². The summed E-state index contributed by atoms with van der Waals surface area (Å²) >= 11 is 1.44. The van der Waals surface area contributed by atoms with E-state index in [1.165, 1.54) is 36.2 Å². The fourth-order valence-corrected chi connectivity index (χ4v) is 5.33. The quantitative estimate of drug-likeness (QED) is 0.450. The minimum absolute atomic E-state index is 0.00105. The van der Waals surface area contributed by atoms with Crippen molar-refractivity contribution >= 4 is 28.3 Å². The van der Waals surface area contributed by atoms with Crippen LogP contribution in [-0.4, -0.2) is 26.5 Å². The molecule has 6 heteroatoms. The molecular formula is C25H26N4OS. The summed E-state index contributed by atoms with van der Waals surface area (Å²) in [5, 5.41) is 4.02. The van der Waals surface area contributed by atoms with Gasteiger partial charge in [-0.25, -0.2) is 9.97 Å². The summed E-state index contributed by atoms with van der Waals surface area (Å²) < 4.78 is 2.20. The fourth-order valence-electron chi connectivity index (χ4n) is 4.37. The zero-order valence-electron chi connectivity index (χ0n) is 17.7. The molecule has 2 heterocycles. The van der Waals surface area contributed by atoms with Crippen LogP contribution in [0.4, 0.5) is 0 Å². The van der Waals surface area contributed by atoms with Gasteiger partial charge in [-0.3, -0.25) is 4.79 Å². The number of nitrogens with one attached hydrogen (secondary N) is 1. The first-order chi connectivity index (χ1) is 15.2. The Morgan fingerprint density at radius 2 is 1.77 bits per heavy atom. The largest absolute Gasteiger partial charge is 0.349 e. The van der Waals surface area contributed by atoms with Crippen molar-refractivity contribution in [3.05, 3.63) is 70.7 Å². The number of rotatable bonds is 5. The maximum atomic E-state index is 13.0. The molecule has 0 bridgehead atoms. The average molecular weight is 431 g/mol. The number of aryl methyl sites for hydroxylation is 1. The van der Waals surface area contributed by atoms with E-state index in [-0.39, 0.29) is 11.9 Å². The summed E-state index contributed by atoms with van der Waals surface area (Å²) in [6, 6.07) is 18.8. The van der Waals surface area contributed by atoms with Gasteiger partial charge in [-0.05, 0) is 37.5 Å². The summed E-state index contributed by atoms with van der Waals surface area (Å²) in [6.45, 7) is 2.62. The third kappa shape index (κ3) is 4.12. The van der Waals surface area contributed by atoms with Crippen molar-refractivity contribution in [3.8, 4) is 10.8 Å². The van der Waals surface area contributed by atoms with Crippen LogP contribution in [0, 0.1) is 6.92 Å². The zero-order chi connectivity index (χ0) is 21.2. The van der Waals surface area contributed by atoms with Crippen LogP contribution in [0.2, 0.25) is 0 Å². The smallest absolute Gasteiger partial charge is 0.263 e. The molecule has 2 aromatic heterocycles. The highest BCUT2D eigenvalue weighted by Crippen LogP contribution is 2.31. The first-order valence-electron chi connectivity index (χ1n) is 11.0. The SMILES string of the molecule is Cc1nc(-c2nc3ccccc3n2Cc2ccccc2)sc1C(=O)NC1CCCCC1. The average Bonchev–Trinajstić information content (AvgIpc) is 3.36. The van der Waals surface area contributed by atoms with E-state index in [0.29, 0.717) is 11.4 Å². The molecule has 0 unspecified atom stereocenters. The predicted octanol–water partition coefficient (Wildman–Crippen LogP) is 5.58. The third-order valence-electron chi connectivity index (χ3n) is 5.97. The highest BCUT2D eigenvalue weighted by molar-refractivity contribution is 7.17. The summed E-state index contributed by atoms with van der Waals surface area (Å²) in [5.74, 6) is 0.814. The molecule has 1 N–H and O–H groups in total. The van der Waals surface area contributed by atoms with E-state index in [1.54, 1.807) is 0 Å². The molecule has 2 aromatic carbocycles. The number of para-hydroxylation sites is 2. The normalized spacial score (nSPS) is 14.7. The standard InChI is InChI=1S/C25H26N4OS/c1-17-22(24(30)27-19-12-6-3-7-13-19)31-25(26-17)23-28-20-14-8-9-15-21(20)29(23)16-18-10-4-2-5-11-18/h2,4-5,8-11,14-15,19H,3,6-7,12-13,16H2,1H3,(H,27,30). The van der Waals surface area contributed by atoms with Crippen molar-refractivity contribution in [1.29, 1.82) is 0 Å². The van der Waals surface area contributed by atoms with Crippen LogP contribution in [0.5, 0.6) is 0 Å². The first kappa shape index (κ1) is 19.9. The minimum atomic E-state index is -0.00105. The van der Waals surface area contributed by atoms with E-state index >= 15 is 0 Å². The Labute approximate surface area is 186 Å². The number of carbonyl (C=O) groups excluding carboxylic acids is 1. The Hall–Kier alpha value is -2.99. The number of hydrogen-bond donors (Lipinski definition) is 1. The third-order valence-corrected chi connectivity index (χ3v) is 7.12. The number of carbonyl (C=O) groups is 1. The lowest BCUT2D eigenvalue weighted by atomic mass is 9.95. The van der Waals surface area contributed by atoms with Crippen molar-refractivity contribution in [2.24, 2.45) is 0 Å². The van der Waals surface area contributed by atoms with E-state index in [4.69, 9.17) is 9.97 Å². The summed E-state index contributed by atoms with van der Waals surface area (Å²) in [4.78, 5) is 23.3. The molecule has 1 fully saturated rings. The second-order valence-electron chi connectivity index (χ2n) is 8.24. The van der Waals surface area contributed by atoms with E-state index < -0.39 is 0 Å². The molecule has 5 nitrogen and oxygen atoms in total. The molecule has 0 atom stereocenters. The number of thiazole rings is 1. The molecular weight excluding hydrogens is 404 g/mol. The second-order valence-corrected chi connectivity index (χ2v) is 9.24. The Morgan fingerprint density at radius 1 is 1.03 bits per heavy atom. The van der Waals surface area contributed by atoms with Crippen LogP contribution in [0.1, 0.15) is 53.0 Å². The van der Waals surface area contributed by atoms with Gasteiger partial charge in [0.2, 0.25) is 0 Å². The maximum absolute atomic E-state index is 13.0. The Balaban J connectivity index is 1.50. The molecule has 5 rings (SSSR count). The maximum Gasteiger partial charge on any atom is 0.263 e. The predicted molar refractivity (Wildman–Crippen MR) is 125 cm³/mol. The molecule has 0 aliphatic heterocycles. The number of amides is 1. The molecule has 4 aromatic rings. The molecule has 1 aliphatic carbocycles. The number of aromatic nitrogens is 3. The fraction of sp³-hybridized carbons (Fsp3) is 0.320. The van der Waals surface area contributed by atoms with Crippen LogP contribution < -0.4 is 5.32 Å². The van der Waals surface area contributed by atoms with Crippen LogP contribution >= 0.6 is 11.3 Å². The molecule has 1 amide bonds. The lowest BCUT2D eigenvalue weighted by Gasteiger charge is -2.22. The molecule has 0 saturated heterocycles. The van der Waals surface area contributed by atoms with Crippen molar-refractivity contribution in [1.82, 2.24) is 19.9 Å². The van der Waals surface area contributed by atoms with Gasteiger partial charge >= 0.3 is 0 Å². The van der Waals surface area contributed by atoms with Crippen LogP contribution in [0.15, 0.2) is 54.6 Å². The van der Waals surface area contributed by atoms with Gasteiger partial charge < -0.3 is 9.88 Å². The molecule has 0 spiro atoms. The van der Waals surface area contributed by atoms with E-state index in [0.717, 1.165) is 40.4 Å². The molecule has 0 radical (unpaired) electrons. The first-order valence-corrected chi connectivity index (χ1v) is 11.8. The molecule has 158 valence electrons. The Morgan fingerprint density at radius 3 is 2.58 bits per heavy atom. The number of benzene rings is 2. The van der Waals surface area contributed by atoms with Crippen molar-refractivity contribution < 1.29 is 4.79 Å². The molecule has 1 aliphatic rings. The second kappa shape index (κ2) is 8.63. The number of nitrogens with zero attached hydrogens (tertiary/aromatic N) is 3. The highest BCUT2D eigenvalue weighted by Gasteiger charge is 2.23. The van der Waals surface area contributed by atoms with Gasteiger partial charge in [-0.1, -0.05) is 61.7 Å². The van der Waals surface area contributed by atoms with E-state index in [2.05, 4.69) is 40.2 Å². The lowest BCUT2D eigenvalue weighted by molar-refractivity contribution is 0.0931. The minimum Gasteiger partial charge on any atom is -0.349 e. The zero-order valence-corrected chi connectivity index (χ0v) is 18.5. The molecule has 31 heavy (non-hydrogen) atoms. The summed E-state index contributed by atoms with van der Waals surface area (Å²) in [6.07, 6.45) is 5.81. The van der Waals surface area contributed by atoms with E-state index in [1.807, 2.05) is 31.2 Å². The van der Waals surface area contributed by atoms with Crippen molar-refractivity contribution in [2.75, 3.05) is 0 Å². The van der Waals surface area contributed by atoms with Gasteiger partial charge in [-0.15, -0.1) is 11.3 Å². The van der Waals surface area contributed by atoms with E-state index in [9.17, 15) is 4.79 Å². The molecule has 1 saturated carbocycles. The van der Waals surface area contributed by atoms with Gasteiger partial charge in [0.25, 0.3) is 5.91 Å². The van der Waals surface area contributed by atoms with Crippen LogP contribution in [-0.2, 0) is 6.54 Å². The van der Waals surface area contributed by atoms with Crippen molar-refractivity contribution in [2.45, 2.75) is 51.6 Å². The van der Waals surface area contributed by atoms with Crippen molar-refractivity contribution in [3.63, 3.8) is 0 Å². The van der Waals surface area contributed by atoms with Gasteiger partial charge in [0.15, 0.2) is 10.8 Å². The summed E-state index contributed by atoms with van der Waals surface area (Å²) in [7, 11) is 0. The number of hydrogen-bond acceptors (Lipinski definition) is 4. The number of fused-ring (bicyclic) bond motifs is 1. The van der Waals surface area contributed by atoms with Gasteiger partial charge in [-0.2, -0.15) is 0 Å². The highest BCUT2D eigenvalue weighted by atomic mass is 32.1. The van der Waals surface area contributed by atoms with Gasteiger partial charge in [0.05, 0.1) is 16.7 Å². The van der Waals surface area contributed by atoms with Crippen LogP contribution in [0.3, 0.4) is 0 Å².